The number of likely N-dealkylation sites (tertiary alicyclic amines) is 1. The normalized spacial score (nSPS) is 17.2. The molecule has 0 bridgehead atoms. The molecule has 1 amide bonds. The molecular weight excluding hydrogens is 308 g/mol. The molecule has 1 saturated heterocycles. The maximum absolute atomic E-state index is 12.2. The number of carbonyl (C=O) groups is 2. The molecular formula is C18H20N2O4. The zero-order valence-corrected chi connectivity index (χ0v) is 13.6. The van der Waals surface area contributed by atoms with Crippen molar-refractivity contribution in [1.82, 2.24) is 9.88 Å². The Kier molecular flexibility index (Phi) is 4.64. The molecule has 1 atom stereocenters. The summed E-state index contributed by atoms with van der Waals surface area (Å²) in [6.07, 6.45) is 3.49. The fourth-order valence-electron chi connectivity index (χ4n) is 2.96. The third kappa shape index (κ3) is 3.48. The molecule has 1 aromatic heterocycles. The van der Waals surface area contributed by atoms with Crippen molar-refractivity contribution in [2.45, 2.75) is 38.6 Å². The molecule has 0 aliphatic carbocycles. The van der Waals surface area contributed by atoms with Gasteiger partial charge in [0.2, 0.25) is 5.91 Å². The molecule has 0 saturated carbocycles. The number of hydrogen-bond acceptors (Lipinski definition) is 4. The molecule has 6 nitrogen and oxygen atoms in total. The highest BCUT2D eigenvalue weighted by Gasteiger charge is 2.33. The van der Waals surface area contributed by atoms with Crippen LogP contribution in [0.2, 0.25) is 0 Å². The summed E-state index contributed by atoms with van der Waals surface area (Å²) in [5.74, 6) is 0.0700. The molecule has 0 spiro atoms. The predicted molar refractivity (Wildman–Crippen MR) is 87.4 cm³/mol. The van der Waals surface area contributed by atoms with E-state index in [1.54, 1.807) is 6.20 Å². The SMILES string of the molecule is Cc1ccc(-c2cnc(CCC(=O)N3CCC[C@@H]3C(=O)O)o2)cc1. The van der Waals surface area contributed by atoms with Gasteiger partial charge in [-0.15, -0.1) is 0 Å². The van der Waals surface area contributed by atoms with E-state index in [0.717, 1.165) is 12.0 Å². The molecule has 2 aromatic rings. The van der Waals surface area contributed by atoms with Gasteiger partial charge < -0.3 is 14.4 Å². The summed E-state index contributed by atoms with van der Waals surface area (Å²) < 4.78 is 5.70. The Labute approximate surface area is 140 Å². The van der Waals surface area contributed by atoms with Crippen molar-refractivity contribution in [3.05, 3.63) is 41.9 Å². The first kappa shape index (κ1) is 16.2. The van der Waals surface area contributed by atoms with E-state index in [0.29, 0.717) is 31.0 Å². The molecule has 126 valence electrons. The van der Waals surface area contributed by atoms with Gasteiger partial charge in [-0.1, -0.05) is 29.8 Å². The number of carbonyl (C=O) groups excluding carboxylic acids is 1. The zero-order valence-electron chi connectivity index (χ0n) is 13.6. The number of aromatic nitrogens is 1. The molecule has 1 N–H and O–H groups in total. The monoisotopic (exact) mass is 328 g/mol. The summed E-state index contributed by atoms with van der Waals surface area (Å²) in [7, 11) is 0. The first-order valence-electron chi connectivity index (χ1n) is 8.08. The summed E-state index contributed by atoms with van der Waals surface area (Å²) >= 11 is 0. The van der Waals surface area contributed by atoms with Crippen molar-refractivity contribution in [3.63, 3.8) is 0 Å². The van der Waals surface area contributed by atoms with Gasteiger partial charge in [0.25, 0.3) is 0 Å². The van der Waals surface area contributed by atoms with Crippen LogP contribution in [0.5, 0.6) is 0 Å². The Bertz CT molecular complexity index is 736. The molecule has 1 aliphatic rings. The highest BCUT2D eigenvalue weighted by molar-refractivity contribution is 5.84. The van der Waals surface area contributed by atoms with Gasteiger partial charge >= 0.3 is 5.97 Å². The van der Waals surface area contributed by atoms with Crippen LogP contribution in [0.3, 0.4) is 0 Å². The fraction of sp³-hybridized carbons (Fsp3) is 0.389. The molecule has 24 heavy (non-hydrogen) atoms. The molecule has 0 unspecified atom stereocenters. The van der Waals surface area contributed by atoms with Gasteiger partial charge in [0.1, 0.15) is 6.04 Å². The van der Waals surface area contributed by atoms with E-state index in [1.165, 1.54) is 10.5 Å². The second kappa shape index (κ2) is 6.86. The number of hydrogen-bond donors (Lipinski definition) is 1. The topological polar surface area (TPSA) is 83.6 Å². The van der Waals surface area contributed by atoms with Gasteiger partial charge in [-0.3, -0.25) is 4.79 Å². The predicted octanol–water partition coefficient (Wildman–Crippen LogP) is 2.66. The number of carboxylic acids is 1. The van der Waals surface area contributed by atoms with Crippen molar-refractivity contribution < 1.29 is 19.1 Å². The lowest BCUT2D eigenvalue weighted by Crippen LogP contribution is -2.40. The Morgan fingerprint density at radius 1 is 1.33 bits per heavy atom. The van der Waals surface area contributed by atoms with E-state index in [4.69, 9.17) is 9.52 Å². The minimum absolute atomic E-state index is 0.157. The lowest BCUT2D eigenvalue weighted by Gasteiger charge is -2.20. The summed E-state index contributed by atoms with van der Waals surface area (Å²) in [5, 5.41) is 9.14. The number of nitrogens with zero attached hydrogens (tertiary/aromatic N) is 2. The van der Waals surface area contributed by atoms with Gasteiger partial charge in [0.15, 0.2) is 11.7 Å². The van der Waals surface area contributed by atoms with Crippen LogP contribution in [-0.4, -0.2) is 39.5 Å². The van der Waals surface area contributed by atoms with Gasteiger partial charge in [0.05, 0.1) is 6.20 Å². The minimum atomic E-state index is -0.932. The van der Waals surface area contributed by atoms with E-state index >= 15 is 0 Å². The molecule has 6 heteroatoms. The van der Waals surface area contributed by atoms with Crippen molar-refractivity contribution in [3.8, 4) is 11.3 Å². The van der Waals surface area contributed by atoms with Gasteiger partial charge in [0, 0.05) is 24.9 Å². The van der Waals surface area contributed by atoms with E-state index in [1.807, 2.05) is 31.2 Å². The summed E-state index contributed by atoms with van der Waals surface area (Å²) in [6, 6.07) is 7.24. The quantitative estimate of drug-likeness (QED) is 0.912. The average Bonchev–Trinajstić information content (AvgIpc) is 3.22. The standard InChI is InChI=1S/C18H20N2O4/c1-12-4-6-13(7-5-12)15-11-19-16(24-15)8-9-17(21)20-10-2-3-14(20)18(22)23/h4-7,11,14H,2-3,8-10H2,1H3,(H,22,23)/t14-/m1/s1. The van der Waals surface area contributed by atoms with Gasteiger partial charge in [-0.05, 0) is 19.8 Å². The zero-order chi connectivity index (χ0) is 17.1. The van der Waals surface area contributed by atoms with Crippen molar-refractivity contribution in [2.24, 2.45) is 0 Å². The second-order valence-corrected chi connectivity index (χ2v) is 6.07. The molecule has 1 aliphatic heterocycles. The summed E-state index contributed by atoms with van der Waals surface area (Å²) in [6.45, 7) is 2.53. The van der Waals surface area contributed by atoms with Crippen LogP contribution in [-0.2, 0) is 16.0 Å². The van der Waals surface area contributed by atoms with Crippen LogP contribution in [0.25, 0.3) is 11.3 Å². The Hall–Kier alpha value is -2.63. The van der Waals surface area contributed by atoms with Gasteiger partial charge in [-0.25, -0.2) is 9.78 Å². The van der Waals surface area contributed by atoms with Crippen LogP contribution in [0.1, 0.15) is 30.7 Å². The number of carboxylic acid groups (broad SMARTS) is 1. The number of benzene rings is 1. The number of oxazole rings is 1. The van der Waals surface area contributed by atoms with E-state index in [9.17, 15) is 9.59 Å². The lowest BCUT2D eigenvalue weighted by atomic mass is 10.1. The van der Waals surface area contributed by atoms with Crippen LogP contribution in [0.15, 0.2) is 34.9 Å². The number of amides is 1. The van der Waals surface area contributed by atoms with E-state index in [-0.39, 0.29) is 12.3 Å². The fourth-order valence-corrected chi connectivity index (χ4v) is 2.96. The first-order chi connectivity index (χ1) is 11.5. The Balaban J connectivity index is 1.60. The maximum atomic E-state index is 12.2. The summed E-state index contributed by atoms with van der Waals surface area (Å²) in [5.41, 5.74) is 2.11. The molecule has 0 radical (unpaired) electrons. The summed E-state index contributed by atoms with van der Waals surface area (Å²) in [4.78, 5) is 29.1. The largest absolute Gasteiger partial charge is 0.480 e. The Morgan fingerprint density at radius 3 is 2.79 bits per heavy atom. The number of aryl methyl sites for hydroxylation is 2. The van der Waals surface area contributed by atoms with Crippen molar-refractivity contribution in [1.29, 1.82) is 0 Å². The third-order valence-corrected chi connectivity index (χ3v) is 4.30. The molecule has 2 heterocycles. The highest BCUT2D eigenvalue weighted by Crippen LogP contribution is 2.22. The minimum Gasteiger partial charge on any atom is -0.480 e. The van der Waals surface area contributed by atoms with Crippen LogP contribution < -0.4 is 0 Å². The molecule has 1 aromatic carbocycles. The third-order valence-electron chi connectivity index (χ3n) is 4.30. The molecule has 1 fully saturated rings. The maximum Gasteiger partial charge on any atom is 0.326 e. The van der Waals surface area contributed by atoms with Crippen LogP contribution in [0.4, 0.5) is 0 Å². The number of aliphatic carboxylic acids is 1. The smallest absolute Gasteiger partial charge is 0.326 e. The van der Waals surface area contributed by atoms with Crippen molar-refractivity contribution >= 4 is 11.9 Å². The second-order valence-electron chi connectivity index (χ2n) is 6.07. The Morgan fingerprint density at radius 2 is 2.08 bits per heavy atom. The van der Waals surface area contributed by atoms with E-state index < -0.39 is 12.0 Å². The lowest BCUT2D eigenvalue weighted by molar-refractivity contribution is -0.148. The van der Waals surface area contributed by atoms with Crippen molar-refractivity contribution in [2.75, 3.05) is 6.54 Å². The molecule has 3 rings (SSSR count). The number of rotatable bonds is 5. The van der Waals surface area contributed by atoms with E-state index in [2.05, 4.69) is 4.98 Å². The first-order valence-corrected chi connectivity index (χ1v) is 8.08. The highest BCUT2D eigenvalue weighted by atomic mass is 16.4. The average molecular weight is 328 g/mol. The van der Waals surface area contributed by atoms with Crippen LogP contribution in [0, 0.1) is 6.92 Å². The van der Waals surface area contributed by atoms with Gasteiger partial charge in [-0.2, -0.15) is 0 Å². The van der Waals surface area contributed by atoms with Crippen LogP contribution >= 0.6 is 0 Å².